The van der Waals surface area contributed by atoms with Gasteiger partial charge in [0.05, 0.1) is 6.61 Å². The van der Waals surface area contributed by atoms with Crippen LogP contribution in [-0.4, -0.2) is 96.0 Å². The largest absolute Gasteiger partial charge is 0.462 e. The first-order chi connectivity index (χ1) is 33.0. The Morgan fingerprint density at radius 2 is 0.956 bits per heavy atom. The van der Waals surface area contributed by atoms with Gasteiger partial charge in [-0.05, 0) is 89.9 Å². The number of carbonyl (C=O) groups excluding carboxylic acids is 2. The Kier molecular flexibility index (Phi) is 39.3. The molecule has 1 rings (SSSR count). The van der Waals surface area contributed by atoms with Crippen molar-refractivity contribution in [2.45, 2.75) is 192 Å². The van der Waals surface area contributed by atoms with Crippen molar-refractivity contribution in [3.05, 3.63) is 122 Å². The summed E-state index contributed by atoms with van der Waals surface area (Å²) in [4.78, 5) is 25.5. The first kappa shape index (κ1) is 62.1. The molecule has 0 aromatic rings. The number of ether oxygens (including phenoxy) is 4. The molecule has 6 atom stereocenters. The number of aliphatic hydroxyl groups excluding tert-OH is 3. The molecule has 0 amide bonds. The smallest absolute Gasteiger partial charge is 0.306 e. The standard InChI is InChI=1S/C55H86O12S/c1-3-5-7-9-11-13-15-17-19-21-23-24-26-28-30-32-34-36-38-40-42-44-51(57)66-48(46-65-55-54(60)53(59)52(58)49(67-55)47-68(61,62)63)45-64-50(56)43-41-39-37-35-33-31-29-27-25-22-20-18-16-14-12-10-8-6-4-2/h6,8,12,14,18-21,24-27,30-33,36-39,48-49,52-55,58-60H,3-5,7,9-11,13,15-17,22-23,28-29,34-35,40-47H2,1-2H3,(H,61,62,63)/b8-6+,14-12+,20-18+,21-19+,26-24+,27-25+,32-30+,33-31+,38-36+,39-37+/t48-,49-,52-,53?,54?,55+/m1/s1. The average Bonchev–Trinajstić information content (AvgIpc) is 3.31. The highest BCUT2D eigenvalue weighted by molar-refractivity contribution is 7.85. The van der Waals surface area contributed by atoms with Crippen LogP contribution in [0.1, 0.15) is 155 Å². The quantitative estimate of drug-likeness (QED) is 0.0197. The van der Waals surface area contributed by atoms with Crippen LogP contribution in [0.4, 0.5) is 0 Å². The number of unbranched alkanes of at least 4 members (excludes halogenated alkanes) is 8. The first-order valence-corrected chi connectivity index (χ1v) is 26.7. The van der Waals surface area contributed by atoms with E-state index in [2.05, 4.69) is 111 Å². The molecule has 0 aromatic carbocycles. The number of allylic oxidation sites excluding steroid dienone is 20. The van der Waals surface area contributed by atoms with E-state index in [-0.39, 0.29) is 19.4 Å². The van der Waals surface area contributed by atoms with Crippen LogP contribution in [0.25, 0.3) is 0 Å². The summed E-state index contributed by atoms with van der Waals surface area (Å²) in [7, 11) is -4.63. The average molecular weight is 971 g/mol. The fourth-order valence-electron chi connectivity index (χ4n) is 6.69. The summed E-state index contributed by atoms with van der Waals surface area (Å²) >= 11 is 0. The van der Waals surface area contributed by atoms with Gasteiger partial charge in [-0.3, -0.25) is 14.1 Å². The normalized spacial score (nSPS) is 20.2. The van der Waals surface area contributed by atoms with E-state index in [9.17, 15) is 37.9 Å². The van der Waals surface area contributed by atoms with Crippen molar-refractivity contribution in [3.63, 3.8) is 0 Å². The van der Waals surface area contributed by atoms with Crippen LogP contribution in [0.5, 0.6) is 0 Å². The maximum Gasteiger partial charge on any atom is 0.306 e. The molecule has 13 heteroatoms. The molecule has 0 radical (unpaired) electrons. The van der Waals surface area contributed by atoms with Crippen LogP contribution in [0.3, 0.4) is 0 Å². The van der Waals surface area contributed by atoms with Crippen molar-refractivity contribution < 1.29 is 56.8 Å². The van der Waals surface area contributed by atoms with E-state index in [1.807, 2.05) is 24.3 Å². The van der Waals surface area contributed by atoms with Gasteiger partial charge in [0.1, 0.15) is 36.8 Å². The molecule has 1 aliphatic rings. The van der Waals surface area contributed by atoms with Gasteiger partial charge >= 0.3 is 11.9 Å². The number of hydrogen-bond acceptors (Lipinski definition) is 11. The third kappa shape index (κ3) is 37.0. The van der Waals surface area contributed by atoms with E-state index in [1.54, 1.807) is 0 Å². The third-order valence-electron chi connectivity index (χ3n) is 10.5. The van der Waals surface area contributed by atoms with Gasteiger partial charge in [0, 0.05) is 12.8 Å². The monoisotopic (exact) mass is 971 g/mol. The number of rotatable bonds is 40. The molecule has 68 heavy (non-hydrogen) atoms. The van der Waals surface area contributed by atoms with Gasteiger partial charge in [0.25, 0.3) is 10.1 Å². The minimum atomic E-state index is -4.63. The fourth-order valence-corrected chi connectivity index (χ4v) is 7.38. The highest BCUT2D eigenvalue weighted by Gasteiger charge is 2.46. The molecule has 4 N–H and O–H groups in total. The van der Waals surface area contributed by atoms with Gasteiger partial charge in [0.2, 0.25) is 0 Å². The zero-order chi connectivity index (χ0) is 49.8. The van der Waals surface area contributed by atoms with E-state index in [0.29, 0.717) is 25.7 Å². The van der Waals surface area contributed by atoms with Gasteiger partial charge in [0.15, 0.2) is 12.4 Å². The summed E-state index contributed by atoms with van der Waals surface area (Å²) < 4.78 is 54.1. The SMILES string of the molecule is CC/C=C/C/C=C/C/C=C/C/C=C/C/C=C/C/C=C/CCC(=O)OC[C@H](CO[C@H]1O[C@H](CS(=O)(=O)O)[C@@H](O)C(O)C1O)OC(=O)CCC/C=C/C/C=C/C/C=C/C/C=C/CCCCCCCCC. The highest BCUT2D eigenvalue weighted by Crippen LogP contribution is 2.24. The lowest BCUT2D eigenvalue weighted by Crippen LogP contribution is -2.60. The lowest BCUT2D eigenvalue weighted by atomic mass is 10.00. The zero-order valence-electron chi connectivity index (χ0n) is 41.2. The molecular weight excluding hydrogens is 885 g/mol. The molecule has 0 aliphatic carbocycles. The molecule has 1 heterocycles. The molecule has 12 nitrogen and oxygen atoms in total. The predicted octanol–water partition coefficient (Wildman–Crippen LogP) is 11.3. The summed E-state index contributed by atoms with van der Waals surface area (Å²) in [6.45, 7) is 3.53. The van der Waals surface area contributed by atoms with Gasteiger partial charge < -0.3 is 34.3 Å². The molecule has 1 fully saturated rings. The molecule has 0 bridgehead atoms. The van der Waals surface area contributed by atoms with Crippen LogP contribution in [0.15, 0.2) is 122 Å². The molecule has 384 valence electrons. The zero-order valence-corrected chi connectivity index (χ0v) is 42.0. The van der Waals surface area contributed by atoms with E-state index < -0.39 is 71.2 Å². The molecule has 1 aliphatic heterocycles. The maximum atomic E-state index is 12.8. The van der Waals surface area contributed by atoms with Crippen molar-refractivity contribution in [3.8, 4) is 0 Å². The Labute approximate surface area is 409 Å². The Bertz CT molecular complexity index is 1700. The van der Waals surface area contributed by atoms with Crippen LogP contribution in [0, 0.1) is 0 Å². The second-order valence-corrected chi connectivity index (χ2v) is 18.2. The molecule has 0 aromatic heterocycles. The minimum Gasteiger partial charge on any atom is -0.462 e. The number of carbonyl (C=O) groups is 2. The topological polar surface area (TPSA) is 186 Å². The van der Waals surface area contributed by atoms with E-state index >= 15 is 0 Å². The summed E-state index contributed by atoms with van der Waals surface area (Å²) in [5, 5.41) is 30.9. The maximum absolute atomic E-state index is 12.8. The lowest BCUT2D eigenvalue weighted by molar-refractivity contribution is -0.297. The first-order valence-electron chi connectivity index (χ1n) is 25.1. The van der Waals surface area contributed by atoms with Gasteiger partial charge in [-0.25, -0.2) is 0 Å². The Hall–Kier alpha value is -3.95. The van der Waals surface area contributed by atoms with E-state index in [4.69, 9.17) is 18.9 Å². The second kappa shape index (κ2) is 43.1. The van der Waals surface area contributed by atoms with E-state index in [0.717, 1.165) is 57.8 Å². The molecule has 0 saturated carbocycles. The summed E-state index contributed by atoms with van der Waals surface area (Å²) in [5.74, 6) is -2.18. The van der Waals surface area contributed by atoms with Crippen molar-refractivity contribution >= 4 is 22.1 Å². The van der Waals surface area contributed by atoms with Crippen molar-refractivity contribution in [2.75, 3.05) is 19.0 Å². The van der Waals surface area contributed by atoms with Crippen LogP contribution in [0.2, 0.25) is 0 Å². The van der Waals surface area contributed by atoms with Crippen LogP contribution >= 0.6 is 0 Å². The highest BCUT2D eigenvalue weighted by atomic mass is 32.2. The Balaban J connectivity index is 2.51. The molecule has 0 spiro atoms. The van der Waals surface area contributed by atoms with Gasteiger partial charge in [-0.15, -0.1) is 0 Å². The Morgan fingerprint density at radius 3 is 1.44 bits per heavy atom. The number of esters is 2. The van der Waals surface area contributed by atoms with Crippen LogP contribution in [-0.2, 0) is 38.7 Å². The van der Waals surface area contributed by atoms with E-state index in [1.165, 1.54) is 44.9 Å². The number of hydrogen-bond donors (Lipinski definition) is 4. The number of aliphatic hydroxyl groups is 3. The van der Waals surface area contributed by atoms with Crippen LogP contribution < -0.4 is 0 Å². The van der Waals surface area contributed by atoms with Crippen molar-refractivity contribution in [1.29, 1.82) is 0 Å². The Morgan fingerprint density at radius 1 is 0.515 bits per heavy atom. The molecule has 1 saturated heterocycles. The summed E-state index contributed by atoms with van der Waals surface area (Å²) in [5.41, 5.74) is 0. The second-order valence-electron chi connectivity index (χ2n) is 16.7. The molecular formula is C55H86O12S. The molecule has 2 unspecified atom stereocenters. The predicted molar refractivity (Wildman–Crippen MR) is 274 cm³/mol. The van der Waals surface area contributed by atoms with Gasteiger partial charge in [-0.2, -0.15) is 8.42 Å². The summed E-state index contributed by atoms with van der Waals surface area (Å²) in [6, 6.07) is 0. The van der Waals surface area contributed by atoms with Crippen molar-refractivity contribution in [2.24, 2.45) is 0 Å². The fraction of sp³-hybridized carbons (Fsp3) is 0.600. The lowest BCUT2D eigenvalue weighted by Gasteiger charge is -2.40. The summed E-state index contributed by atoms with van der Waals surface area (Å²) in [6.07, 6.45) is 52.6. The minimum absolute atomic E-state index is 0.0650. The van der Waals surface area contributed by atoms with Gasteiger partial charge in [-0.1, -0.05) is 174 Å². The third-order valence-corrected chi connectivity index (χ3v) is 11.3. The van der Waals surface area contributed by atoms with Crippen molar-refractivity contribution in [1.82, 2.24) is 0 Å².